The van der Waals surface area contributed by atoms with Crippen LogP contribution < -0.4 is 5.32 Å². The summed E-state index contributed by atoms with van der Waals surface area (Å²) in [7, 11) is 0. The summed E-state index contributed by atoms with van der Waals surface area (Å²) in [6, 6.07) is 0.594. The zero-order valence-corrected chi connectivity index (χ0v) is 12.4. The number of ether oxygens (including phenoxy) is 1. The first-order valence-electron chi connectivity index (χ1n) is 7.20. The molecule has 0 radical (unpaired) electrons. The summed E-state index contributed by atoms with van der Waals surface area (Å²) >= 11 is 0. The van der Waals surface area contributed by atoms with Gasteiger partial charge in [-0.1, -0.05) is 26.7 Å². The highest BCUT2D eigenvalue weighted by molar-refractivity contribution is 4.87. The van der Waals surface area contributed by atoms with Crippen LogP contribution in [0.2, 0.25) is 0 Å². The van der Waals surface area contributed by atoms with Gasteiger partial charge in [0, 0.05) is 19.2 Å². The van der Waals surface area contributed by atoms with Crippen LogP contribution >= 0.6 is 0 Å². The standard InChI is InChI=1S/C15H31NO/c1-13(2)16-12-15(8-6-7-9-15)10-11-17-14(3,4)5/h13,16H,6-12H2,1-5H3. The normalized spacial score (nSPS) is 20.1. The molecule has 0 aliphatic heterocycles. The molecule has 0 aromatic carbocycles. The van der Waals surface area contributed by atoms with Crippen molar-refractivity contribution in [1.29, 1.82) is 0 Å². The molecular weight excluding hydrogens is 210 g/mol. The van der Waals surface area contributed by atoms with Gasteiger partial charge in [-0.2, -0.15) is 0 Å². The second-order valence-electron chi connectivity index (χ2n) is 6.95. The van der Waals surface area contributed by atoms with Gasteiger partial charge in [-0.3, -0.25) is 0 Å². The van der Waals surface area contributed by atoms with Crippen LogP contribution in [0.1, 0.15) is 66.7 Å². The molecule has 17 heavy (non-hydrogen) atoms. The van der Waals surface area contributed by atoms with Crippen molar-refractivity contribution in [2.75, 3.05) is 13.2 Å². The molecule has 1 aliphatic carbocycles. The van der Waals surface area contributed by atoms with E-state index in [0.717, 1.165) is 13.2 Å². The van der Waals surface area contributed by atoms with Crippen molar-refractivity contribution < 1.29 is 4.74 Å². The lowest BCUT2D eigenvalue weighted by molar-refractivity contribution is -0.0185. The summed E-state index contributed by atoms with van der Waals surface area (Å²) in [5, 5.41) is 3.62. The Kier molecular flexibility index (Phi) is 5.46. The first kappa shape index (κ1) is 15.0. The molecule has 0 atom stereocenters. The third-order valence-corrected chi connectivity index (χ3v) is 3.72. The van der Waals surface area contributed by atoms with Crippen molar-refractivity contribution in [3.8, 4) is 0 Å². The third-order valence-electron chi connectivity index (χ3n) is 3.72. The van der Waals surface area contributed by atoms with Gasteiger partial charge in [-0.05, 0) is 45.4 Å². The number of rotatable bonds is 6. The van der Waals surface area contributed by atoms with E-state index < -0.39 is 0 Å². The van der Waals surface area contributed by atoms with E-state index >= 15 is 0 Å². The maximum Gasteiger partial charge on any atom is 0.0598 e. The highest BCUT2D eigenvalue weighted by Crippen LogP contribution is 2.40. The van der Waals surface area contributed by atoms with Gasteiger partial charge in [0.05, 0.1) is 5.60 Å². The van der Waals surface area contributed by atoms with Gasteiger partial charge < -0.3 is 10.1 Å². The first-order valence-corrected chi connectivity index (χ1v) is 7.20. The molecule has 0 aromatic rings. The minimum Gasteiger partial charge on any atom is -0.376 e. The van der Waals surface area contributed by atoms with Gasteiger partial charge in [-0.15, -0.1) is 0 Å². The lowest BCUT2D eigenvalue weighted by atomic mass is 9.82. The number of hydrogen-bond acceptors (Lipinski definition) is 2. The molecule has 0 unspecified atom stereocenters. The zero-order chi connectivity index (χ0) is 12.9. The van der Waals surface area contributed by atoms with Crippen LogP contribution in [0.4, 0.5) is 0 Å². The van der Waals surface area contributed by atoms with E-state index in [1.165, 1.54) is 32.1 Å². The second kappa shape index (κ2) is 6.19. The Morgan fingerprint density at radius 1 is 1.18 bits per heavy atom. The van der Waals surface area contributed by atoms with Crippen LogP contribution in [-0.2, 0) is 4.74 Å². The van der Waals surface area contributed by atoms with Crippen molar-refractivity contribution in [3.63, 3.8) is 0 Å². The molecule has 2 heteroatoms. The minimum absolute atomic E-state index is 0.00523. The average molecular weight is 241 g/mol. The summed E-state index contributed by atoms with van der Waals surface area (Å²) in [4.78, 5) is 0. The van der Waals surface area contributed by atoms with Gasteiger partial charge in [0.2, 0.25) is 0 Å². The van der Waals surface area contributed by atoms with Crippen LogP contribution in [0.15, 0.2) is 0 Å². The van der Waals surface area contributed by atoms with Crippen LogP contribution in [-0.4, -0.2) is 24.8 Å². The van der Waals surface area contributed by atoms with E-state index in [4.69, 9.17) is 4.74 Å². The van der Waals surface area contributed by atoms with E-state index in [2.05, 4.69) is 39.9 Å². The monoisotopic (exact) mass is 241 g/mol. The molecule has 1 saturated carbocycles. The molecular formula is C15H31NO. The molecule has 0 bridgehead atoms. The molecule has 102 valence electrons. The number of nitrogens with one attached hydrogen (secondary N) is 1. The van der Waals surface area contributed by atoms with E-state index in [1.807, 2.05) is 0 Å². The third kappa shape index (κ3) is 5.87. The van der Waals surface area contributed by atoms with E-state index in [9.17, 15) is 0 Å². The van der Waals surface area contributed by atoms with Crippen molar-refractivity contribution in [2.24, 2.45) is 5.41 Å². The summed E-state index contributed by atoms with van der Waals surface area (Å²) in [5.41, 5.74) is 0.515. The molecule has 1 fully saturated rings. The topological polar surface area (TPSA) is 21.3 Å². The van der Waals surface area contributed by atoms with Gasteiger partial charge in [0.15, 0.2) is 0 Å². The predicted octanol–water partition coefficient (Wildman–Crippen LogP) is 3.75. The smallest absolute Gasteiger partial charge is 0.0598 e. The van der Waals surface area contributed by atoms with E-state index in [-0.39, 0.29) is 5.60 Å². The van der Waals surface area contributed by atoms with Gasteiger partial charge >= 0.3 is 0 Å². The minimum atomic E-state index is 0.00523. The summed E-state index contributed by atoms with van der Waals surface area (Å²) in [5.74, 6) is 0. The fourth-order valence-electron chi connectivity index (χ4n) is 2.63. The SMILES string of the molecule is CC(C)NCC1(CCOC(C)(C)C)CCCC1. The first-order chi connectivity index (χ1) is 7.83. The van der Waals surface area contributed by atoms with Crippen molar-refractivity contribution in [2.45, 2.75) is 78.4 Å². The summed E-state index contributed by atoms with van der Waals surface area (Å²) in [6.07, 6.45) is 6.76. The maximum atomic E-state index is 5.90. The Morgan fingerprint density at radius 2 is 1.76 bits per heavy atom. The summed E-state index contributed by atoms with van der Waals surface area (Å²) in [6.45, 7) is 13.0. The van der Waals surface area contributed by atoms with Crippen molar-refractivity contribution in [1.82, 2.24) is 5.32 Å². The molecule has 0 saturated heterocycles. The molecule has 0 aromatic heterocycles. The Balaban J connectivity index is 2.37. The fourth-order valence-corrected chi connectivity index (χ4v) is 2.63. The highest BCUT2D eigenvalue weighted by atomic mass is 16.5. The lowest BCUT2D eigenvalue weighted by Crippen LogP contribution is -2.37. The Morgan fingerprint density at radius 3 is 2.24 bits per heavy atom. The molecule has 1 N–H and O–H groups in total. The molecule has 0 heterocycles. The van der Waals surface area contributed by atoms with Crippen LogP contribution in [0.3, 0.4) is 0 Å². The van der Waals surface area contributed by atoms with Gasteiger partial charge in [-0.25, -0.2) is 0 Å². The fraction of sp³-hybridized carbons (Fsp3) is 1.00. The van der Waals surface area contributed by atoms with Crippen molar-refractivity contribution in [3.05, 3.63) is 0 Å². The maximum absolute atomic E-state index is 5.90. The summed E-state index contributed by atoms with van der Waals surface area (Å²) < 4.78 is 5.90. The molecule has 1 rings (SSSR count). The predicted molar refractivity (Wildman–Crippen MR) is 74.4 cm³/mol. The van der Waals surface area contributed by atoms with E-state index in [0.29, 0.717) is 11.5 Å². The molecule has 0 spiro atoms. The largest absolute Gasteiger partial charge is 0.376 e. The zero-order valence-electron chi connectivity index (χ0n) is 12.4. The highest BCUT2D eigenvalue weighted by Gasteiger charge is 2.33. The van der Waals surface area contributed by atoms with Gasteiger partial charge in [0.1, 0.15) is 0 Å². The van der Waals surface area contributed by atoms with Crippen LogP contribution in [0, 0.1) is 5.41 Å². The quantitative estimate of drug-likeness (QED) is 0.764. The average Bonchev–Trinajstić information content (AvgIpc) is 2.62. The van der Waals surface area contributed by atoms with Crippen LogP contribution in [0.25, 0.3) is 0 Å². The molecule has 0 amide bonds. The Hall–Kier alpha value is -0.0800. The van der Waals surface area contributed by atoms with E-state index in [1.54, 1.807) is 0 Å². The van der Waals surface area contributed by atoms with Crippen molar-refractivity contribution >= 4 is 0 Å². The Bertz CT molecular complexity index is 211. The van der Waals surface area contributed by atoms with Crippen LogP contribution in [0.5, 0.6) is 0 Å². The lowest BCUT2D eigenvalue weighted by Gasteiger charge is -2.32. The Labute approximate surface area is 108 Å². The second-order valence-corrected chi connectivity index (χ2v) is 6.95. The number of hydrogen-bond donors (Lipinski definition) is 1. The molecule has 2 nitrogen and oxygen atoms in total. The molecule has 1 aliphatic rings. The van der Waals surface area contributed by atoms with Gasteiger partial charge in [0.25, 0.3) is 0 Å².